The van der Waals surface area contributed by atoms with Crippen molar-refractivity contribution in [2.24, 2.45) is 0 Å². The van der Waals surface area contributed by atoms with Gasteiger partial charge in [-0.1, -0.05) is 18.6 Å². The van der Waals surface area contributed by atoms with Gasteiger partial charge in [0.1, 0.15) is 0 Å². The Hall–Kier alpha value is -2.42. The molecule has 0 fully saturated rings. The number of nitrogens with zero attached hydrogens (tertiary/aromatic N) is 1. The number of benzene rings is 1. The second-order valence-electron chi connectivity index (χ2n) is 4.95. The number of carbonyl (C=O) groups is 1. The highest BCUT2D eigenvalue weighted by atomic mass is 16.1. The lowest BCUT2D eigenvalue weighted by atomic mass is 9.99. The maximum Gasteiger partial charge on any atom is 0.195 e. The molecule has 20 heavy (non-hydrogen) atoms. The second kappa shape index (κ2) is 4.93. The molecular formula is C17H16N2O. The highest BCUT2D eigenvalue weighted by Gasteiger charge is 2.18. The van der Waals surface area contributed by atoms with Crippen LogP contribution in [0.4, 0.5) is 0 Å². The monoisotopic (exact) mass is 264 g/mol. The number of rotatable bonds is 3. The Balaban J connectivity index is 2.24. The summed E-state index contributed by atoms with van der Waals surface area (Å²) in [5.41, 5.74) is 4.63. The van der Waals surface area contributed by atoms with Crippen LogP contribution < -0.4 is 0 Å². The summed E-state index contributed by atoms with van der Waals surface area (Å²) in [7, 11) is 0. The van der Waals surface area contributed by atoms with Gasteiger partial charge in [-0.15, -0.1) is 0 Å². The number of nitrogens with one attached hydrogen (secondary N) is 1. The van der Waals surface area contributed by atoms with Crippen LogP contribution in [0.25, 0.3) is 10.9 Å². The number of ketones is 1. The van der Waals surface area contributed by atoms with Crippen LogP contribution in [0.2, 0.25) is 0 Å². The van der Waals surface area contributed by atoms with Crippen LogP contribution in [0.15, 0.2) is 42.7 Å². The predicted octanol–water partition coefficient (Wildman–Crippen LogP) is 3.66. The van der Waals surface area contributed by atoms with E-state index in [0.717, 1.165) is 34.1 Å². The fourth-order valence-corrected chi connectivity index (χ4v) is 2.53. The summed E-state index contributed by atoms with van der Waals surface area (Å²) in [5.74, 6) is 0.0566. The Morgan fingerprint density at radius 2 is 1.95 bits per heavy atom. The van der Waals surface area contributed by atoms with Crippen LogP contribution in [0.1, 0.15) is 34.1 Å². The van der Waals surface area contributed by atoms with E-state index in [0.29, 0.717) is 5.56 Å². The Kier molecular flexibility index (Phi) is 3.11. The number of aromatic nitrogens is 2. The molecular weight excluding hydrogens is 248 g/mol. The molecule has 0 saturated carbocycles. The largest absolute Gasteiger partial charge is 0.358 e. The summed E-state index contributed by atoms with van der Waals surface area (Å²) in [5, 5.41) is 1.00. The molecule has 3 nitrogen and oxygen atoms in total. The number of aryl methyl sites for hydroxylation is 2. The molecule has 0 aliphatic rings. The molecule has 1 aromatic carbocycles. The smallest absolute Gasteiger partial charge is 0.195 e. The summed E-state index contributed by atoms with van der Waals surface area (Å²) in [6, 6.07) is 9.68. The van der Waals surface area contributed by atoms with E-state index in [2.05, 4.69) is 29.0 Å². The van der Waals surface area contributed by atoms with Gasteiger partial charge in [-0.25, -0.2) is 0 Å². The van der Waals surface area contributed by atoms with Gasteiger partial charge in [-0.2, -0.15) is 0 Å². The third-order valence-corrected chi connectivity index (χ3v) is 3.55. The molecule has 1 N–H and O–H groups in total. The number of hydrogen-bond donors (Lipinski definition) is 1. The number of H-pyrrole nitrogens is 1. The maximum absolute atomic E-state index is 12.8. The van der Waals surface area contributed by atoms with Crippen LogP contribution in [-0.2, 0) is 6.42 Å². The average Bonchev–Trinajstić information content (AvgIpc) is 2.85. The van der Waals surface area contributed by atoms with Crippen molar-refractivity contribution in [3.63, 3.8) is 0 Å². The van der Waals surface area contributed by atoms with Gasteiger partial charge in [0.15, 0.2) is 5.78 Å². The number of fused-ring (bicyclic) bond motifs is 1. The molecule has 3 heteroatoms. The van der Waals surface area contributed by atoms with Crippen molar-refractivity contribution in [3.05, 3.63) is 65.1 Å². The van der Waals surface area contributed by atoms with E-state index < -0.39 is 0 Å². The lowest BCUT2D eigenvalue weighted by Crippen LogP contribution is -2.04. The van der Waals surface area contributed by atoms with Crippen molar-refractivity contribution < 1.29 is 4.79 Å². The summed E-state index contributed by atoms with van der Waals surface area (Å²) in [6.45, 7) is 4.10. The lowest BCUT2D eigenvalue weighted by molar-refractivity contribution is 0.103. The molecule has 0 aliphatic heterocycles. The zero-order valence-corrected chi connectivity index (χ0v) is 11.6. The van der Waals surface area contributed by atoms with Gasteiger partial charge in [0.05, 0.1) is 5.56 Å². The quantitative estimate of drug-likeness (QED) is 0.734. The standard InChI is InChI=1S/C17H16N2O/c1-3-14-16(17(20)12-6-8-18-9-7-12)13-10-11(2)4-5-15(13)19-14/h4-10,19H,3H2,1-2H3. The van der Waals surface area contributed by atoms with E-state index in [-0.39, 0.29) is 5.78 Å². The molecule has 2 heterocycles. The Morgan fingerprint density at radius 1 is 1.20 bits per heavy atom. The number of pyridine rings is 1. The molecule has 0 radical (unpaired) electrons. The van der Waals surface area contributed by atoms with Gasteiger partial charge in [0, 0.05) is 34.6 Å². The first kappa shape index (κ1) is 12.6. The van der Waals surface area contributed by atoms with Crippen LogP contribution in [0, 0.1) is 6.92 Å². The minimum atomic E-state index is 0.0566. The highest BCUT2D eigenvalue weighted by molar-refractivity contribution is 6.17. The van der Waals surface area contributed by atoms with Gasteiger partial charge < -0.3 is 4.98 Å². The molecule has 100 valence electrons. The van der Waals surface area contributed by atoms with Gasteiger partial charge in [0.25, 0.3) is 0 Å². The third-order valence-electron chi connectivity index (χ3n) is 3.55. The van der Waals surface area contributed by atoms with Crippen LogP contribution in [-0.4, -0.2) is 15.8 Å². The van der Waals surface area contributed by atoms with Crippen LogP contribution in [0.5, 0.6) is 0 Å². The van der Waals surface area contributed by atoms with Gasteiger partial charge in [-0.05, 0) is 37.6 Å². The average molecular weight is 264 g/mol. The highest BCUT2D eigenvalue weighted by Crippen LogP contribution is 2.26. The molecule has 3 rings (SSSR count). The molecule has 2 aromatic heterocycles. The first-order chi connectivity index (χ1) is 9.70. The van der Waals surface area contributed by atoms with Crippen molar-refractivity contribution in [3.8, 4) is 0 Å². The fourth-order valence-electron chi connectivity index (χ4n) is 2.53. The van der Waals surface area contributed by atoms with Crippen molar-refractivity contribution in [1.82, 2.24) is 9.97 Å². The van der Waals surface area contributed by atoms with E-state index in [4.69, 9.17) is 0 Å². The molecule has 0 unspecified atom stereocenters. The van der Waals surface area contributed by atoms with E-state index >= 15 is 0 Å². The maximum atomic E-state index is 12.8. The zero-order valence-electron chi connectivity index (χ0n) is 11.6. The molecule has 0 aliphatic carbocycles. The minimum absolute atomic E-state index is 0.0566. The zero-order chi connectivity index (χ0) is 14.1. The predicted molar refractivity (Wildman–Crippen MR) is 80.1 cm³/mol. The van der Waals surface area contributed by atoms with E-state index in [1.807, 2.05) is 13.0 Å². The molecule has 0 atom stereocenters. The SMILES string of the molecule is CCc1[nH]c2ccc(C)cc2c1C(=O)c1ccncc1. The van der Waals surface area contributed by atoms with E-state index in [9.17, 15) is 4.79 Å². The number of hydrogen-bond acceptors (Lipinski definition) is 2. The van der Waals surface area contributed by atoms with Crippen molar-refractivity contribution in [1.29, 1.82) is 0 Å². The topological polar surface area (TPSA) is 45.8 Å². The van der Waals surface area contributed by atoms with Crippen molar-refractivity contribution in [2.45, 2.75) is 20.3 Å². The first-order valence-electron chi connectivity index (χ1n) is 6.76. The number of carbonyl (C=O) groups excluding carboxylic acids is 1. The van der Waals surface area contributed by atoms with Crippen LogP contribution >= 0.6 is 0 Å². The van der Waals surface area contributed by atoms with Crippen LogP contribution in [0.3, 0.4) is 0 Å². The second-order valence-corrected chi connectivity index (χ2v) is 4.95. The van der Waals surface area contributed by atoms with Gasteiger partial charge in [0.2, 0.25) is 0 Å². The van der Waals surface area contributed by atoms with Crippen molar-refractivity contribution in [2.75, 3.05) is 0 Å². The molecule has 0 spiro atoms. The Labute approximate surface area is 117 Å². The Bertz CT molecular complexity index is 772. The number of aromatic amines is 1. The first-order valence-corrected chi connectivity index (χ1v) is 6.76. The van der Waals surface area contributed by atoms with Crippen molar-refractivity contribution >= 4 is 16.7 Å². The third kappa shape index (κ3) is 2.01. The molecule has 0 saturated heterocycles. The van der Waals surface area contributed by atoms with E-state index in [1.54, 1.807) is 24.5 Å². The normalized spacial score (nSPS) is 10.9. The molecule has 0 amide bonds. The Morgan fingerprint density at radius 3 is 2.65 bits per heavy atom. The summed E-state index contributed by atoms with van der Waals surface area (Å²) >= 11 is 0. The molecule has 0 bridgehead atoms. The summed E-state index contributed by atoms with van der Waals surface area (Å²) in [4.78, 5) is 20.1. The summed E-state index contributed by atoms with van der Waals surface area (Å²) in [6.07, 6.45) is 4.11. The minimum Gasteiger partial charge on any atom is -0.358 e. The fraction of sp³-hybridized carbons (Fsp3) is 0.176. The van der Waals surface area contributed by atoms with E-state index in [1.165, 1.54) is 0 Å². The van der Waals surface area contributed by atoms with Gasteiger partial charge in [-0.3, -0.25) is 9.78 Å². The van der Waals surface area contributed by atoms with Gasteiger partial charge >= 0.3 is 0 Å². The summed E-state index contributed by atoms with van der Waals surface area (Å²) < 4.78 is 0. The molecule has 3 aromatic rings. The lowest BCUT2D eigenvalue weighted by Gasteiger charge is -2.03.